The van der Waals surface area contributed by atoms with Gasteiger partial charge in [-0.1, -0.05) is 20.8 Å². The largest absolute Gasteiger partial charge is 0.340 e. The molecule has 0 atom stereocenters. The molecule has 0 spiro atoms. The van der Waals surface area contributed by atoms with Gasteiger partial charge in [-0.05, 0) is 46.8 Å². The Bertz CT molecular complexity index is 255. The topological polar surface area (TPSA) is 26.8 Å². The third kappa shape index (κ3) is 8.42. The second kappa shape index (κ2) is 12.0. The molecule has 2 saturated heterocycles. The maximum Gasteiger partial charge on any atom is 0.222 e. The van der Waals surface area contributed by atoms with E-state index in [0.717, 1.165) is 32.2 Å². The molecular formula is C17H37N3O. The molecule has 0 radical (unpaired) electrons. The van der Waals surface area contributed by atoms with Crippen LogP contribution in [0.2, 0.25) is 0 Å². The molecule has 1 amide bonds. The maximum atomic E-state index is 11.2. The first-order valence-electron chi connectivity index (χ1n) is 8.75. The Balaban J connectivity index is 0.000000354. The Morgan fingerprint density at radius 1 is 0.952 bits per heavy atom. The number of likely N-dealkylation sites (N-methyl/N-ethyl adjacent to an activating group) is 1. The molecule has 0 aromatic rings. The van der Waals surface area contributed by atoms with Crippen LogP contribution >= 0.6 is 0 Å². The fourth-order valence-electron chi connectivity index (χ4n) is 2.54. The summed E-state index contributed by atoms with van der Waals surface area (Å²) in [4.78, 5) is 17.9. The molecule has 0 aromatic carbocycles. The van der Waals surface area contributed by atoms with Crippen molar-refractivity contribution < 1.29 is 4.79 Å². The van der Waals surface area contributed by atoms with E-state index in [0.29, 0.717) is 6.42 Å². The fraction of sp³-hybridized carbons (Fsp3) is 0.941. The summed E-state index contributed by atoms with van der Waals surface area (Å²) in [5.41, 5.74) is 0. The molecule has 2 aliphatic rings. The minimum absolute atomic E-state index is 0.290. The predicted molar refractivity (Wildman–Crippen MR) is 91.7 cm³/mol. The van der Waals surface area contributed by atoms with Crippen LogP contribution in [0.3, 0.4) is 0 Å². The highest BCUT2D eigenvalue weighted by atomic mass is 16.2. The van der Waals surface area contributed by atoms with Crippen molar-refractivity contribution >= 4 is 5.91 Å². The van der Waals surface area contributed by atoms with Gasteiger partial charge in [-0.2, -0.15) is 0 Å². The molecule has 2 aliphatic heterocycles. The lowest BCUT2D eigenvalue weighted by molar-refractivity contribution is -0.132. The minimum atomic E-state index is 0.290. The standard InChI is InChI=1S/C8H16N2O.C7H15N.C2H6/c1-3-8(11)10-6-4-9(2)5-7-10;1-7(2)8-5-3-4-6-8;1-2/h3-7H2,1-2H3;7H,3-6H2,1-2H3;1-2H3. The summed E-state index contributed by atoms with van der Waals surface area (Å²) in [7, 11) is 2.09. The minimum Gasteiger partial charge on any atom is -0.340 e. The third-order valence-corrected chi connectivity index (χ3v) is 4.03. The second-order valence-corrected chi connectivity index (χ2v) is 5.87. The van der Waals surface area contributed by atoms with E-state index < -0.39 is 0 Å². The first kappa shape index (κ1) is 20.4. The average Bonchev–Trinajstić information content (AvgIpc) is 3.04. The van der Waals surface area contributed by atoms with Gasteiger partial charge in [0.15, 0.2) is 0 Å². The highest BCUT2D eigenvalue weighted by Gasteiger charge is 2.16. The van der Waals surface area contributed by atoms with Gasteiger partial charge in [-0.25, -0.2) is 0 Å². The maximum absolute atomic E-state index is 11.2. The molecule has 0 N–H and O–H groups in total. The second-order valence-electron chi connectivity index (χ2n) is 5.87. The SMILES string of the molecule is CC.CC(C)N1CCCC1.CCC(=O)N1CCN(C)CC1. The summed E-state index contributed by atoms with van der Waals surface area (Å²) in [6.45, 7) is 17.0. The Morgan fingerprint density at radius 3 is 1.76 bits per heavy atom. The molecule has 2 heterocycles. The summed E-state index contributed by atoms with van der Waals surface area (Å²) >= 11 is 0. The first-order valence-corrected chi connectivity index (χ1v) is 8.75. The quantitative estimate of drug-likeness (QED) is 0.784. The number of carbonyl (C=O) groups is 1. The van der Waals surface area contributed by atoms with Gasteiger partial charge < -0.3 is 14.7 Å². The Labute approximate surface area is 132 Å². The van der Waals surface area contributed by atoms with Crippen molar-refractivity contribution in [2.75, 3.05) is 46.3 Å². The lowest BCUT2D eigenvalue weighted by atomic mass is 10.3. The normalized spacial score (nSPS) is 19.7. The molecule has 21 heavy (non-hydrogen) atoms. The lowest BCUT2D eigenvalue weighted by Crippen LogP contribution is -2.46. The van der Waals surface area contributed by atoms with Gasteiger partial charge in [0.05, 0.1) is 0 Å². The zero-order chi connectivity index (χ0) is 16.3. The van der Waals surface area contributed by atoms with Gasteiger partial charge in [0.2, 0.25) is 5.91 Å². The Morgan fingerprint density at radius 2 is 1.43 bits per heavy atom. The molecule has 0 saturated carbocycles. The number of piperazine rings is 1. The monoisotopic (exact) mass is 299 g/mol. The number of hydrogen-bond donors (Lipinski definition) is 0. The van der Waals surface area contributed by atoms with Gasteiger partial charge in [0, 0.05) is 38.6 Å². The molecule has 4 nitrogen and oxygen atoms in total. The van der Waals surface area contributed by atoms with E-state index in [1.54, 1.807) is 0 Å². The van der Waals surface area contributed by atoms with Crippen LogP contribution in [-0.4, -0.2) is 73.0 Å². The molecule has 0 unspecified atom stereocenters. The van der Waals surface area contributed by atoms with Crippen LogP contribution in [0.5, 0.6) is 0 Å². The van der Waals surface area contributed by atoms with E-state index in [2.05, 4.69) is 30.7 Å². The average molecular weight is 300 g/mol. The summed E-state index contributed by atoms with van der Waals surface area (Å²) in [6, 6.07) is 0.775. The van der Waals surface area contributed by atoms with Gasteiger partial charge >= 0.3 is 0 Å². The van der Waals surface area contributed by atoms with Crippen LogP contribution in [0.25, 0.3) is 0 Å². The van der Waals surface area contributed by atoms with E-state index in [4.69, 9.17) is 0 Å². The molecular weight excluding hydrogens is 262 g/mol. The molecule has 2 rings (SSSR count). The van der Waals surface area contributed by atoms with Gasteiger partial charge in [-0.3, -0.25) is 4.79 Å². The smallest absolute Gasteiger partial charge is 0.222 e. The van der Waals surface area contributed by atoms with E-state index in [-0.39, 0.29) is 5.91 Å². The van der Waals surface area contributed by atoms with E-state index >= 15 is 0 Å². The van der Waals surface area contributed by atoms with Crippen LogP contribution in [0.1, 0.15) is 53.9 Å². The van der Waals surface area contributed by atoms with Crippen molar-refractivity contribution in [2.45, 2.75) is 59.9 Å². The number of likely N-dealkylation sites (tertiary alicyclic amines) is 1. The molecule has 0 aliphatic carbocycles. The Hall–Kier alpha value is -0.610. The summed E-state index contributed by atoms with van der Waals surface area (Å²) in [5.74, 6) is 0.290. The van der Waals surface area contributed by atoms with Crippen molar-refractivity contribution in [2.24, 2.45) is 0 Å². The van der Waals surface area contributed by atoms with Crippen molar-refractivity contribution in [3.63, 3.8) is 0 Å². The first-order chi connectivity index (χ1) is 10.0. The van der Waals surface area contributed by atoms with Gasteiger partial charge in [-0.15, -0.1) is 0 Å². The predicted octanol–water partition coefficient (Wildman–Crippen LogP) is 2.69. The lowest BCUT2D eigenvalue weighted by Gasteiger charge is -2.32. The summed E-state index contributed by atoms with van der Waals surface area (Å²) in [6.07, 6.45) is 3.47. The number of hydrogen-bond acceptors (Lipinski definition) is 3. The van der Waals surface area contributed by atoms with Gasteiger partial charge in [0.1, 0.15) is 0 Å². The fourth-order valence-corrected chi connectivity index (χ4v) is 2.54. The number of nitrogens with zero attached hydrogens (tertiary/aromatic N) is 3. The van der Waals surface area contributed by atoms with Crippen LogP contribution in [0.4, 0.5) is 0 Å². The molecule has 0 aromatic heterocycles. The van der Waals surface area contributed by atoms with E-state index in [1.165, 1.54) is 25.9 Å². The molecule has 0 bridgehead atoms. The van der Waals surface area contributed by atoms with Crippen LogP contribution in [0, 0.1) is 0 Å². The molecule has 2 fully saturated rings. The summed E-state index contributed by atoms with van der Waals surface area (Å²) < 4.78 is 0. The van der Waals surface area contributed by atoms with Crippen LogP contribution in [0.15, 0.2) is 0 Å². The zero-order valence-electron chi connectivity index (χ0n) is 15.2. The van der Waals surface area contributed by atoms with Crippen molar-refractivity contribution in [1.82, 2.24) is 14.7 Å². The highest BCUT2D eigenvalue weighted by molar-refractivity contribution is 5.75. The Kier molecular flexibility index (Phi) is 11.6. The van der Waals surface area contributed by atoms with Crippen molar-refractivity contribution in [1.29, 1.82) is 0 Å². The zero-order valence-corrected chi connectivity index (χ0v) is 15.2. The van der Waals surface area contributed by atoms with Crippen LogP contribution in [-0.2, 0) is 4.79 Å². The molecule has 126 valence electrons. The number of carbonyl (C=O) groups excluding carboxylic acids is 1. The summed E-state index contributed by atoms with van der Waals surface area (Å²) in [5, 5.41) is 0. The number of rotatable bonds is 2. The molecule has 4 heteroatoms. The van der Waals surface area contributed by atoms with Crippen LogP contribution < -0.4 is 0 Å². The van der Waals surface area contributed by atoms with E-state index in [9.17, 15) is 4.79 Å². The highest BCUT2D eigenvalue weighted by Crippen LogP contribution is 2.09. The van der Waals surface area contributed by atoms with E-state index in [1.807, 2.05) is 25.7 Å². The number of amides is 1. The third-order valence-electron chi connectivity index (χ3n) is 4.03. The van der Waals surface area contributed by atoms with Gasteiger partial charge in [0.25, 0.3) is 0 Å². The van der Waals surface area contributed by atoms with Crippen molar-refractivity contribution in [3.8, 4) is 0 Å². The van der Waals surface area contributed by atoms with Crippen molar-refractivity contribution in [3.05, 3.63) is 0 Å².